The largest absolute Gasteiger partial charge is 0.396 e. The van der Waals surface area contributed by atoms with Gasteiger partial charge >= 0.3 is 0 Å². The molecule has 0 aliphatic heterocycles. The van der Waals surface area contributed by atoms with E-state index in [4.69, 9.17) is 10.8 Å². The lowest BCUT2D eigenvalue weighted by molar-refractivity contribution is 0.282. The molecule has 0 radical (unpaired) electrons. The first-order valence-corrected chi connectivity index (χ1v) is 4.85. The number of aliphatic hydroxyl groups excluding tert-OH is 1. The molecule has 6 nitrogen and oxygen atoms in total. The summed E-state index contributed by atoms with van der Waals surface area (Å²) < 4.78 is 0. The Morgan fingerprint density at radius 3 is 2.73 bits per heavy atom. The Morgan fingerprint density at radius 2 is 2.13 bits per heavy atom. The molecule has 84 valence electrons. The van der Waals surface area contributed by atoms with Gasteiger partial charge in [0.15, 0.2) is 0 Å². The molecule has 15 heavy (non-hydrogen) atoms. The monoisotopic (exact) mass is 211 g/mol. The van der Waals surface area contributed by atoms with Crippen molar-refractivity contribution in [1.82, 2.24) is 9.97 Å². The summed E-state index contributed by atoms with van der Waals surface area (Å²) in [7, 11) is 1.77. The third-order valence-corrected chi connectivity index (χ3v) is 1.96. The van der Waals surface area contributed by atoms with E-state index < -0.39 is 0 Å². The maximum atomic E-state index is 8.76. The molecule has 1 rings (SSSR count). The average Bonchev–Trinajstić information content (AvgIpc) is 2.17. The van der Waals surface area contributed by atoms with Crippen LogP contribution in [0, 0.1) is 0 Å². The van der Waals surface area contributed by atoms with Crippen LogP contribution < -0.4 is 16.4 Å². The highest BCUT2D eigenvalue weighted by Crippen LogP contribution is 2.13. The number of aliphatic hydroxyl groups is 1. The first-order valence-electron chi connectivity index (χ1n) is 4.85. The van der Waals surface area contributed by atoms with Gasteiger partial charge in [0.05, 0.1) is 0 Å². The molecule has 1 aromatic heterocycles. The molecule has 0 bridgehead atoms. The molecule has 0 fully saturated rings. The molecule has 0 aliphatic rings. The minimum absolute atomic E-state index is 0.146. The second-order valence-corrected chi connectivity index (χ2v) is 3.30. The van der Waals surface area contributed by atoms with Crippen molar-refractivity contribution in [1.29, 1.82) is 0 Å². The van der Waals surface area contributed by atoms with Crippen LogP contribution in [0.2, 0.25) is 0 Å². The predicted molar refractivity (Wildman–Crippen MR) is 60.8 cm³/mol. The summed E-state index contributed by atoms with van der Waals surface area (Å²) >= 11 is 0. The summed E-state index contributed by atoms with van der Waals surface area (Å²) in [5.41, 5.74) is 5.53. The molecule has 0 aromatic carbocycles. The van der Waals surface area contributed by atoms with Crippen LogP contribution in [-0.4, -0.2) is 34.8 Å². The third-order valence-electron chi connectivity index (χ3n) is 1.96. The van der Waals surface area contributed by atoms with Gasteiger partial charge in [-0.05, 0) is 13.3 Å². The van der Waals surface area contributed by atoms with E-state index in [2.05, 4.69) is 20.6 Å². The lowest BCUT2D eigenvalue weighted by atomic mass is 10.2. The molecule has 1 aromatic rings. The maximum absolute atomic E-state index is 8.76. The molecule has 1 unspecified atom stereocenters. The van der Waals surface area contributed by atoms with Crippen LogP contribution in [0.1, 0.15) is 13.3 Å². The lowest BCUT2D eigenvalue weighted by Gasteiger charge is -2.13. The van der Waals surface area contributed by atoms with Gasteiger partial charge in [0.2, 0.25) is 5.95 Å². The summed E-state index contributed by atoms with van der Waals surface area (Å²) in [6, 6.07) is 1.92. The zero-order valence-electron chi connectivity index (χ0n) is 8.99. The predicted octanol–water partition coefficient (Wildman–Crippen LogP) is 0.283. The van der Waals surface area contributed by atoms with Crippen molar-refractivity contribution in [2.75, 3.05) is 30.0 Å². The van der Waals surface area contributed by atoms with Crippen molar-refractivity contribution in [3.63, 3.8) is 0 Å². The number of nitrogens with one attached hydrogen (secondary N) is 2. The number of hydrogen-bond acceptors (Lipinski definition) is 6. The van der Waals surface area contributed by atoms with Crippen LogP contribution in [0.25, 0.3) is 0 Å². The molecule has 5 N–H and O–H groups in total. The summed E-state index contributed by atoms with van der Waals surface area (Å²) in [5.74, 6) is 1.55. The van der Waals surface area contributed by atoms with Crippen LogP contribution >= 0.6 is 0 Å². The number of hydrogen-bond donors (Lipinski definition) is 4. The zero-order chi connectivity index (χ0) is 11.3. The molecular weight excluding hydrogens is 194 g/mol. The molecule has 6 heteroatoms. The van der Waals surface area contributed by atoms with Gasteiger partial charge in [-0.2, -0.15) is 9.97 Å². The molecule has 0 saturated carbocycles. The van der Waals surface area contributed by atoms with Gasteiger partial charge in [-0.3, -0.25) is 0 Å². The number of rotatable bonds is 5. The van der Waals surface area contributed by atoms with E-state index in [0.29, 0.717) is 18.1 Å². The summed E-state index contributed by atoms with van der Waals surface area (Å²) in [5, 5.41) is 14.8. The molecule has 0 spiro atoms. The highest BCUT2D eigenvalue weighted by molar-refractivity contribution is 5.50. The van der Waals surface area contributed by atoms with E-state index in [9.17, 15) is 0 Å². The summed E-state index contributed by atoms with van der Waals surface area (Å²) in [6.45, 7) is 2.11. The van der Waals surface area contributed by atoms with Crippen molar-refractivity contribution in [3.05, 3.63) is 6.07 Å². The minimum atomic E-state index is 0.146. The van der Waals surface area contributed by atoms with Gasteiger partial charge in [-0.1, -0.05) is 0 Å². The number of nitrogen functional groups attached to an aromatic ring is 1. The minimum Gasteiger partial charge on any atom is -0.396 e. The highest BCUT2D eigenvalue weighted by atomic mass is 16.3. The Hall–Kier alpha value is -1.56. The Balaban J connectivity index is 2.71. The van der Waals surface area contributed by atoms with Crippen molar-refractivity contribution in [3.8, 4) is 0 Å². The third kappa shape index (κ3) is 3.59. The van der Waals surface area contributed by atoms with Gasteiger partial charge in [-0.25, -0.2) is 0 Å². The van der Waals surface area contributed by atoms with Crippen molar-refractivity contribution >= 4 is 17.6 Å². The van der Waals surface area contributed by atoms with Gasteiger partial charge < -0.3 is 21.5 Å². The fourth-order valence-electron chi connectivity index (χ4n) is 1.19. The van der Waals surface area contributed by atoms with Crippen molar-refractivity contribution in [2.24, 2.45) is 0 Å². The first-order chi connectivity index (χ1) is 7.15. The fourth-order valence-corrected chi connectivity index (χ4v) is 1.19. The van der Waals surface area contributed by atoms with Crippen LogP contribution in [0.15, 0.2) is 6.07 Å². The number of anilines is 3. The van der Waals surface area contributed by atoms with E-state index >= 15 is 0 Å². The van der Waals surface area contributed by atoms with E-state index in [1.807, 2.05) is 6.92 Å². The van der Waals surface area contributed by atoms with E-state index in [0.717, 1.165) is 0 Å². The second-order valence-electron chi connectivity index (χ2n) is 3.30. The first kappa shape index (κ1) is 11.5. The number of nitrogens with zero attached hydrogens (tertiary/aromatic N) is 2. The quantitative estimate of drug-likeness (QED) is 0.559. The Kier molecular flexibility index (Phi) is 4.11. The fraction of sp³-hybridized carbons (Fsp3) is 0.556. The van der Waals surface area contributed by atoms with Crippen molar-refractivity contribution < 1.29 is 5.11 Å². The number of aromatic nitrogens is 2. The SMILES string of the molecule is CNc1cc(NC(C)CCO)nc(N)n1. The van der Waals surface area contributed by atoms with Crippen LogP contribution in [0.4, 0.5) is 17.6 Å². The standard InChI is InChI=1S/C9H17N5O/c1-6(3-4-15)12-8-5-7(11-2)13-9(10)14-8/h5-6,15H,3-4H2,1-2H3,(H4,10,11,12,13,14). The van der Waals surface area contributed by atoms with Crippen molar-refractivity contribution in [2.45, 2.75) is 19.4 Å². The average molecular weight is 211 g/mol. The topological polar surface area (TPSA) is 96.1 Å². The summed E-state index contributed by atoms with van der Waals surface area (Å²) in [6.07, 6.45) is 0.665. The molecule has 0 saturated heterocycles. The zero-order valence-corrected chi connectivity index (χ0v) is 8.99. The maximum Gasteiger partial charge on any atom is 0.223 e. The van der Waals surface area contributed by atoms with Crippen LogP contribution in [0.5, 0.6) is 0 Å². The van der Waals surface area contributed by atoms with E-state index in [1.54, 1.807) is 13.1 Å². The number of nitrogens with two attached hydrogens (primary N) is 1. The van der Waals surface area contributed by atoms with Gasteiger partial charge in [0.1, 0.15) is 11.6 Å². The van der Waals surface area contributed by atoms with E-state index in [1.165, 1.54) is 0 Å². The Bertz CT molecular complexity index is 317. The Labute approximate surface area is 88.9 Å². The Morgan fingerprint density at radius 1 is 1.47 bits per heavy atom. The van der Waals surface area contributed by atoms with Crippen LogP contribution in [0.3, 0.4) is 0 Å². The smallest absolute Gasteiger partial charge is 0.223 e. The van der Waals surface area contributed by atoms with Crippen LogP contribution in [-0.2, 0) is 0 Å². The van der Waals surface area contributed by atoms with E-state index in [-0.39, 0.29) is 18.6 Å². The molecule has 0 aliphatic carbocycles. The molecular formula is C9H17N5O. The second kappa shape index (κ2) is 5.35. The summed E-state index contributed by atoms with van der Waals surface area (Å²) in [4.78, 5) is 8.01. The highest BCUT2D eigenvalue weighted by Gasteiger charge is 2.04. The van der Waals surface area contributed by atoms with Gasteiger partial charge in [-0.15, -0.1) is 0 Å². The molecule has 1 atom stereocenters. The lowest BCUT2D eigenvalue weighted by Crippen LogP contribution is -2.18. The normalized spacial score (nSPS) is 12.2. The molecule has 1 heterocycles. The van der Waals surface area contributed by atoms with Gasteiger partial charge in [0.25, 0.3) is 0 Å². The van der Waals surface area contributed by atoms with Gasteiger partial charge in [0, 0.05) is 25.8 Å². The molecule has 0 amide bonds.